The van der Waals surface area contributed by atoms with Crippen molar-refractivity contribution in [2.75, 3.05) is 0 Å². The summed E-state index contributed by atoms with van der Waals surface area (Å²) < 4.78 is 0.678. The molecule has 4 unspecified atom stereocenters. The van der Waals surface area contributed by atoms with E-state index in [1.807, 2.05) is 6.92 Å². The number of aryl methyl sites for hydroxylation is 1. The van der Waals surface area contributed by atoms with Gasteiger partial charge in [-0.05, 0) is 85.3 Å². The van der Waals surface area contributed by atoms with Gasteiger partial charge in [0.15, 0.2) is 0 Å². The second-order valence-electron chi connectivity index (χ2n) is 12.9. The molecule has 0 radical (unpaired) electrons. The van der Waals surface area contributed by atoms with Crippen LogP contribution >= 0.6 is 22.7 Å². The highest BCUT2D eigenvalue weighted by Crippen LogP contribution is 2.62. The molecule has 4 nitrogen and oxygen atoms in total. The number of thiophene rings is 2. The first kappa shape index (κ1) is 25.4. The van der Waals surface area contributed by atoms with Gasteiger partial charge in [-0.3, -0.25) is 4.79 Å². The van der Waals surface area contributed by atoms with E-state index in [0.717, 1.165) is 28.6 Å². The van der Waals surface area contributed by atoms with Gasteiger partial charge >= 0.3 is 0 Å². The van der Waals surface area contributed by atoms with Gasteiger partial charge < -0.3 is 4.98 Å². The van der Waals surface area contributed by atoms with Crippen LogP contribution in [-0.4, -0.2) is 15.0 Å². The quantitative estimate of drug-likeness (QED) is 0.274. The van der Waals surface area contributed by atoms with Crippen LogP contribution in [0.4, 0.5) is 0 Å². The third-order valence-electron chi connectivity index (χ3n) is 10.4. The largest absolute Gasteiger partial charge is 0.310 e. The van der Waals surface area contributed by atoms with Crippen molar-refractivity contribution in [1.29, 1.82) is 0 Å². The van der Waals surface area contributed by atoms with Crippen LogP contribution in [0.3, 0.4) is 0 Å². The number of nitrogens with zero attached hydrogens (tertiary/aromatic N) is 2. The lowest BCUT2D eigenvalue weighted by atomic mass is 9.46. The minimum atomic E-state index is -0.0632. The lowest BCUT2D eigenvalue weighted by molar-refractivity contribution is -0.0104. The predicted molar refractivity (Wildman–Crippen MR) is 165 cm³/mol. The van der Waals surface area contributed by atoms with Gasteiger partial charge in [0, 0.05) is 26.9 Å². The van der Waals surface area contributed by atoms with Gasteiger partial charge in [0.1, 0.15) is 15.4 Å². The van der Waals surface area contributed by atoms with E-state index < -0.39 is 0 Å². The van der Waals surface area contributed by atoms with Gasteiger partial charge in [-0.1, -0.05) is 57.9 Å². The topological polar surface area (TPSA) is 58.6 Å². The fourth-order valence-corrected chi connectivity index (χ4v) is 10.1. The van der Waals surface area contributed by atoms with Gasteiger partial charge in [0.2, 0.25) is 0 Å². The van der Waals surface area contributed by atoms with E-state index in [1.165, 1.54) is 53.2 Å². The lowest BCUT2D eigenvalue weighted by Crippen LogP contribution is -2.52. The number of aromatic nitrogens is 3. The zero-order chi connectivity index (χ0) is 27.1. The first-order chi connectivity index (χ1) is 18.7. The normalized spacial score (nSPS) is 28.9. The SMILES string of the molecule is Cc1nc2c(sc3nc(C4(C)CCCC5(C)C6CCC(C(C)C)=CC6=CCC45)cc(-c4cccs4)c32)c(=O)[nH]1. The summed E-state index contributed by atoms with van der Waals surface area (Å²) in [6.45, 7) is 11.6. The minimum absolute atomic E-state index is 0.0246. The first-order valence-electron chi connectivity index (χ1n) is 14.5. The fourth-order valence-electron chi connectivity index (χ4n) is 8.33. The average Bonchev–Trinajstić information content (AvgIpc) is 3.56. The molecule has 3 aliphatic carbocycles. The molecular weight excluding hydrogens is 519 g/mol. The summed E-state index contributed by atoms with van der Waals surface area (Å²) in [6, 6.07) is 6.67. The van der Waals surface area contributed by atoms with Crippen molar-refractivity contribution < 1.29 is 0 Å². The Morgan fingerprint density at radius 1 is 1.18 bits per heavy atom. The zero-order valence-corrected chi connectivity index (χ0v) is 25.2. The Bertz CT molecular complexity index is 1720. The van der Waals surface area contributed by atoms with Gasteiger partial charge in [-0.2, -0.15) is 0 Å². The standard InChI is InChI=1S/C33H37N3OS2/c1-18(2)20-9-11-23-21(16-20)10-12-25-32(23,4)13-7-14-33(25,5)26-17-22(24-8-6-15-38-24)27-28-29(39-31(27)36-26)30(37)35-19(3)34-28/h6,8,10,15-18,23,25H,7,9,11-14H2,1-5H3,(H,34,35,37). The molecule has 4 heterocycles. The van der Waals surface area contributed by atoms with E-state index in [-0.39, 0.29) is 16.4 Å². The van der Waals surface area contributed by atoms with Crippen molar-refractivity contribution in [2.45, 2.75) is 78.6 Å². The molecule has 4 aromatic heterocycles. The summed E-state index contributed by atoms with van der Waals surface area (Å²) in [6.07, 6.45) is 12.4. The van der Waals surface area contributed by atoms with E-state index in [0.29, 0.717) is 28.3 Å². The van der Waals surface area contributed by atoms with Crippen LogP contribution in [0.5, 0.6) is 0 Å². The third kappa shape index (κ3) is 3.77. The molecular formula is C33H37N3OS2. The lowest BCUT2D eigenvalue weighted by Gasteiger charge is -2.58. The number of rotatable bonds is 3. The van der Waals surface area contributed by atoms with Crippen molar-refractivity contribution in [2.24, 2.45) is 23.2 Å². The number of fused-ring (bicyclic) bond motifs is 6. The maximum absolute atomic E-state index is 12.9. The third-order valence-corrected chi connectivity index (χ3v) is 12.3. The Labute approximate surface area is 238 Å². The molecule has 7 rings (SSSR count). The van der Waals surface area contributed by atoms with Gasteiger partial charge in [-0.15, -0.1) is 22.7 Å². The molecule has 0 amide bonds. The van der Waals surface area contributed by atoms with E-state index in [1.54, 1.807) is 22.5 Å². The zero-order valence-electron chi connectivity index (χ0n) is 23.6. The summed E-state index contributed by atoms with van der Waals surface area (Å²) in [5.74, 6) is 2.46. The highest BCUT2D eigenvalue weighted by molar-refractivity contribution is 7.25. The molecule has 0 saturated heterocycles. The van der Waals surface area contributed by atoms with Crippen LogP contribution in [0, 0.1) is 30.1 Å². The second-order valence-corrected chi connectivity index (χ2v) is 14.8. The molecule has 0 spiro atoms. The number of H-pyrrole nitrogens is 1. The van der Waals surface area contributed by atoms with Crippen molar-refractivity contribution in [3.05, 3.63) is 68.7 Å². The average molecular weight is 556 g/mol. The fraction of sp³-hybridized carbons (Fsp3) is 0.485. The van der Waals surface area contributed by atoms with Crippen LogP contribution in [0.1, 0.15) is 77.7 Å². The van der Waals surface area contributed by atoms with Crippen LogP contribution in [-0.2, 0) is 5.41 Å². The Hall–Kier alpha value is -2.57. The van der Waals surface area contributed by atoms with E-state index in [9.17, 15) is 4.79 Å². The maximum Gasteiger partial charge on any atom is 0.268 e. The molecule has 4 atom stereocenters. The highest BCUT2D eigenvalue weighted by atomic mass is 32.1. The highest BCUT2D eigenvalue weighted by Gasteiger charge is 2.55. The molecule has 0 aliphatic heterocycles. The number of aromatic amines is 1. The maximum atomic E-state index is 12.9. The van der Waals surface area contributed by atoms with Crippen molar-refractivity contribution in [3.63, 3.8) is 0 Å². The number of allylic oxidation sites excluding steroid dienone is 4. The molecule has 0 aromatic carbocycles. The molecule has 6 heteroatoms. The Morgan fingerprint density at radius 3 is 2.79 bits per heavy atom. The summed E-state index contributed by atoms with van der Waals surface area (Å²) in [5.41, 5.74) is 6.56. The molecule has 4 aromatic rings. The molecule has 1 fully saturated rings. The summed E-state index contributed by atoms with van der Waals surface area (Å²) in [7, 11) is 0. The molecule has 3 aliphatic rings. The van der Waals surface area contributed by atoms with Crippen molar-refractivity contribution >= 4 is 43.1 Å². The van der Waals surface area contributed by atoms with E-state index >= 15 is 0 Å². The Morgan fingerprint density at radius 2 is 2.03 bits per heavy atom. The molecule has 1 saturated carbocycles. The van der Waals surface area contributed by atoms with Crippen LogP contribution in [0.2, 0.25) is 0 Å². The van der Waals surface area contributed by atoms with Gasteiger partial charge in [0.05, 0.1) is 5.52 Å². The monoisotopic (exact) mass is 555 g/mol. The van der Waals surface area contributed by atoms with Crippen molar-refractivity contribution in [1.82, 2.24) is 15.0 Å². The molecule has 39 heavy (non-hydrogen) atoms. The molecule has 0 bridgehead atoms. The van der Waals surface area contributed by atoms with Gasteiger partial charge in [0.25, 0.3) is 5.56 Å². The van der Waals surface area contributed by atoms with Crippen molar-refractivity contribution in [3.8, 4) is 10.4 Å². The smallest absolute Gasteiger partial charge is 0.268 e. The number of hydrogen-bond acceptors (Lipinski definition) is 5. The Balaban J connectivity index is 1.42. The van der Waals surface area contributed by atoms with E-state index in [2.05, 4.69) is 68.4 Å². The van der Waals surface area contributed by atoms with E-state index in [4.69, 9.17) is 9.97 Å². The molecule has 202 valence electrons. The molecule has 1 N–H and O–H groups in total. The number of nitrogens with one attached hydrogen (secondary N) is 1. The number of pyridine rings is 1. The predicted octanol–water partition coefficient (Wildman–Crippen LogP) is 8.96. The Kier molecular flexibility index (Phi) is 5.84. The summed E-state index contributed by atoms with van der Waals surface area (Å²) in [4.78, 5) is 28.2. The minimum Gasteiger partial charge on any atom is -0.310 e. The van der Waals surface area contributed by atoms with Crippen LogP contribution in [0.25, 0.3) is 30.9 Å². The number of hydrogen-bond donors (Lipinski definition) is 1. The summed E-state index contributed by atoms with van der Waals surface area (Å²) >= 11 is 3.25. The second kappa shape index (κ2) is 8.97. The summed E-state index contributed by atoms with van der Waals surface area (Å²) in [5, 5.41) is 3.16. The van der Waals surface area contributed by atoms with Crippen LogP contribution < -0.4 is 5.56 Å². The van der Waals surface area contributed by atoms with Gasteiger partial charge in [-0.25, -0.2) is 9.97 Å². The van der Waals surface area contributed by atoms with Crippen LogP contribution in [0.15, 0.2) is 51.7 Å². The first-order valence-corrected chi connectivity index (χ1v) is 16.2.